The van der Waals surface area contributed by atoms with Gasteiger partial charge < -0.3 is 18.9 Å². The van der Waals surface area contributed by atoms with E-state index in [1.807, 2.05) is 21.1 Å². The lowest BCUT2D eigenvalue weighted by molar-refractivity contribution is -0.870. The number of hydrogen-bond donors (Lipinski definition) is 1. The standard InChI is InChI=1S/C52H104NO7P/c1-6-8-10-12-14-16-18-20-22-24-25-26-27-28-29-31-33-35-37-39-41-43-45-52(54)60-51(50-59-61(55,56)58-48-46-53(3,4)5)49-57-47-44-42-40-38-36-34-32-30-23-21-19-17-15-13-11-9-7-2/h23,30,51H,6-22,24-29,31-50H2,1-5H3/p+1/b30-23-. The number of rotatable bonds is 50. The summed E-state index contributed by atoms with van der Waals surface area (Å²) in [6.07, 6.45) is 52.6. The molecule has 0 fully saturated rings. The van der Waals surface area contributed by atoms with Crippen LogP contribution in [0.15, 0.2) is 12.2 Å². The first-order valence-electron chi connectivity index (χ1n) is 26.4. The van der Waals surface area contributed by atoms with Crippen molar-refractivity contribution in [1.82, 2.24) is 0 Å². The van der Waals surface area contributed by atoms with Gasteiger partial charge in [0.15, 0.2) is 0 Å². The SMILES string of the molecule is CCCCCCCCC/C=C\CCCCCCCCOCC(COP(=O)(O)OCC[N+](C)(C)C)OC(=O)CCCCCCCCCCCCCCCCCCCCCCCC. The molecule has 0 spiro atoms. The van der Waals surface area contributed by atoms with E-state index in [9.17, 15) is 14.3 Å². The fourth-order valence-electron chi connectivity index (χ4n) is 7.73. The molecular formula is C52H105NO7P+. The predicted octanol–water partition coefficient (Wildman–Crippen LogP) is 16.2. The summed E-state index contributed by atoms with van der Waals surface area (Å²) in [6, 6.07) is 0. The molecule has 2 unspecified atom stereocenters. The predicted molar refractivity (Wildman–Crippen MR) is 261 cm³/mol. The molecule has 0 bridgehead atoms. The monoisotopic (exact) mass is 887 g/mol. The van der Waals surface area contributed by atoms with Crippen LogP contribution in [0.2, 0.25) is 0 Å². The van der Waals surface area contributed by atoms with E-state index in [1.165, 1.54) is 205 Å². The van der Waals surface area contributed by atoms with Crippen LogP contribution in [-0.2, 0) is 27.9 Å². The number of hydrogen-bond acceptors (Lipinski definition) is 6. The molecule has 1 N–H and O–H groups in total. The zero-order valence-corrected chi connectivity index (χ0v) is 42.3. The Bertz CT molecular complexity index is 987. The Kier molecular flexibility index (Phi) is 45.2. The second-order valence-electron chi connectivity index (χ2n) is 19.3. The zero-order valence-electron chi connectivity index (χ0n) is 41.4. The molecular weight excluding hydrogens is 782 g/mol. The fourth-order valence-corrected chi connectivity index (χ4v) is 8.47. The molecule has 0 aromatic rings. The molecule has 364 valence electrons. The number of esters is 1. The summed E-state index contributed by atoms with van der Waals surface area (Å²) in [5, 5.41) is 0. The third-order valence-electron chi connectivity index (χ3n) is 11.8. The number of likely N-dealkylation sites (N-methyl/N-ethyl adjacent to an activating group) is 1. The van der Waals surface area contributed by atoms with Gasteiger partial charge in [-0.15, -0.1) is 0 Å². The van der Waals surface area contributed by atoms with Gasteiger partial charge in [0, 0.05) is 13.0 Å². The van der Waals surface area contributed by atoms with Gasteiger partial charge in [-0.25, -0.2) is 4.57 Å². The number of phosphoric acid groups is 1. The van der Waals surface area contributed by atoms with Gasteiger partial charge in [-0.1, -0.05) is 225 Å². The first kappa shape index (κ1) is 60.2. The number of carbonyl (C=O) groups is 1. The highest BCUT2D eigenvalue weighted by Crippen LogP contribution is 2.43. The summed E-state index contributed by atoms with van der Waals surface area (Å²) in [4.78, 5) is 23.0. The number of carbonyl (C=O) groups excluding carboxylic acids is 1. The second-order valence-corrected chi connectivity index (χ2v) is 20.7. The summed E-state index contributed by atoms with van der Waals surface area (Å²) in [6.45, 7) is 5.67. The van der Waals surface area contributed by atoms with Gasteiger partial charge in [0.05, 0.1) is 34.4 Å². The molecule has 2 atom stereocenters. The van der Waals surface area contributed by atoms with Gasteiger partial charge in [0.25, 0.3) is 0 Å². The van der Waals surface area contributed by atoms with Crippen molar-refractivity contribution < 1.29 is 37.3 Å². The van der Waals surface area contributed by atoms with Gasteiger partial charge in [-0.3, -0.25) is 13.8 Å². The summed E-state index contributed by atoms with van der Waals surface area (Å²) < 4.78 is 35.2. The van der Waals surface area contributed by atoms with Crippen molar-refractivity contribution in [2.75, 3.05) is 54.1 Å². The van der Waals surface area contributed by atoms with E-state index < -0.39 is 13.9 Å². The van der Waals surface area contributed by atoms with Crippen molar-refractivity contribution in [2.45, 2.75) is 264 Å². The third kappa shape index (κ3) is 50.1. The van der Waals surface area contributed by atoms with Crippen LogP contribution in [0.1, 0.15) is 258 Å². The van der Waals surface area contributed by atoms with Crippen LogP contribution in [0, 0.1) is 0 Å². The first-order chi connectivity index (χ1) is 29.6. The normalized spacial score (nSPS) is 13.6. The average Bonchev–Trinajstić information content (AvgIpc) is 3.22. The number of quaternary nitrogens is 1. The van der Waals surface area contributed by atoms with Crippen LogP contribution >= 0.6 is 7.82 Å². The fraction of sp³-hybridized carbons (Fsp3) is 0.942. The highest BCUT2D eigenvalue weighted by molar-refractivity contribution is 7.47. The van der Waals surface area contributed by atoms with Crippen LogP contribution in [0.25, 0.3) is 0 Å². The summed E-state index contributed by atoms with van der Waals surface area (Å²) in [5.74, 6) is -0.309. The maximum absolute atomic E-state index is 12.8. The highest BCUT2D eigenvalue weighted by Gasteiger charge is 2.26. The van der Waals surface area contributed by atoms with Crippen molar-refractivity contribution in [1.29, 1.82) is 0 Å². The van der Waals surface area contributed by atoms with Gasteiger partial charge in [0.2, 0.25) is 0 Å². The molecule has 9 heteroatoms. The number of nitrogens with zero attached hydrogens (tertiary/aromatic N) is 1. The highest BCUT2D eigenvalue weighted by atomic mass is 31.2. The van der Waals surface area contributed by atoms with E-state index in [-0.39, 0.29) is 25.8 Å². The summed E-state index contributed by atoms with van der Waals surface area (Å²) in [7, 11) is 1.68. The smallest absolute Gasteiger partial charge is 0.457 e. The van der Waals surface area contributed by atoms with Crippen LogP contribution in [0.5, 0.6) is 0 Å². The molecule has 0 saturated heterocycles. The lowest BCUT2D eigenvalue weighted by atomic mass is 10.0. The molecule has 0 aromatic carbocycles. The molecule has 0 aromatic heterocycles. The van der Waals surface area contributed by atoms with Crippen LogP contribution < -0.4 is 0 Å². The minimum atomic E-state index is -4.28. The Morgan fingerprint density at radius 1 is 0.492 bits per heavy atom. The van der Waals surface area contributed by atoms with Gasteiger partial charge in [-0.2, -0.15) is 0 Å². The number of ether oxygens (including phenoxy) is 2. The van der Waals surface area contributed by atoms with Gasteiger partial charge >= 0.3 is 13.8 Å². The largest absolute Gasteiger partial charge is 0.472 e. The number of phosphoric ester groups is 1. The Hall–Kier alpha value is -0.760. The molecule has 0 radical (unpaired) electrons. The summed E-state index contributed by atoms with van der Waals surface area (Å²) >= 11 is 0. The lowest BCUT2D eigenvalue weighted by Gasteiger charge is -2.24. The zero-order chi connectivity index (χ0) is 44.8. The van der Waals surface area contributed by atoms with E-state index in [2.05, 4.69) is 26.0 Å². The number of unbranched alkanes of at least 4 members (excludes halogenated alkanes) is 34. The molecule has 0 aliphatic heterocycles. The van der Waals surface area contributed by atoms with E-state index in [0.717, 1.165) is 32.1 Å². The molecule has 0 heterocycles. The van der Waals surface area contributed by atoms with Crippen LogP contribution in [0.3, 0.4) is 0 Å². The maximum atomic E-state index is 12.8. The van der Waals surface area contributed by atoms with E-state index in [0.29, 0.717) is 24.1 Å². The lowest BCUT2D eigenvalue weighted by Crippen LogP contribution is -2.37. The minimum Gasteiger partial charge on any atom is -0.457 e. The molecule has 0 saturated carbocycles. The third-order valence-corrected chi connectivity index (χ3v) is 12.8. The molecule has 0 amide bonds. The minimum absolute atomic E-state index is 0.0910. The Balaban J connectivity index is 4.08. The first-order valence-corrected chi connectivity index (χ1v) is 27.9. The van der Waals surface area contributed by atoms with Crippen LogP contribution in [-0.4, -0.2) is 75.6 Å². The maximum Gasteiger partial charge on any atom is 0.472 e. The Morgan fingerprint density at radius 3 is 1.25 bits per heavy atom. The number of allylic oxidation sites excluding steroid dienone is 2. The molecule has 61 heavy (non-hydrogen) atoms. The van der Waals surface area contributed by atoms with Crippen molar-refractivity contribution >= 4 is 13.8 Å². The molecule has 8 nitrogen and oxygen atoms in total. The molecule has 0 rings (SSSR count). The van der Waals surface area contributed by atoms with Crippen molar-refractivity contribution in [3.63, 3.8) is 0 Å². The van der Waals surface area contributed by atoms with Gasteiger partial charge in [-0.05, 0) is 38.5 Å². The van der Waals surface area contributed by atoms with Gasteiger partial charge in [0.1, 0.15) is 19.3 Å². The van der Waals surface area contributed by atoms with E-state index in [1.54, 1.807) is 0 Å². The van der Waals surface area contributed by atoms with E-state index in [4.69, 9.17) is 18.5 Å². The Morgan fingerprint density at radius 2 is 0.852 bits per heavy atom. The van der Waals surface area contributed by atoms with Crippen molar-refractivity contribution in [3.8, 4) is 0 Å². The van der Waals surface area contributed by atoms with Crippen molar-refractivity contribution in [2.24, 2.45) is 0 Å². The average molecular weight is 887 g/mol. The van der Waals surface area contributed by atoms with Crippen LogP contribution in [0.4, 0.5) is 0 Å². The second kappa shape index (κ2) is 45.8. The molecule has 0 aliphatic carbocycles. The Labute approximate surface area is 380 Å². The van der Waals surface area contributed by atoms with E-state index >= 15 is 0 Å². The topological polar surface area (TPSA) is 91.3 Å². The quantitative estimate of drug-likeness (QED) is 0.0214. The van der Waals surface area contributed by atoms with Crippen molar-refractivity contribution in [3.05, 3.63) is 12.2 Å². The summed E-state index contributed by atoms with van der Waals surface area (Å²) in [5.41, 5.74) is 0. The molecule has 0 aliphatic rings.